The predicted molar refractivity (Wildman–Crippen MR) is 116 cm³/mol. The van der Waals surface area contributed by atoms with E-state index in [-0.39, 0.29) is 0 Å². The van der Waals surface area contributed by atoms with Gasteiger partial charge in [0.1, 0.15) is 0 Å². The van der Waals surface area contributed by atoms with Gasteiger partial charge < -0.3 is 5.32 Å². The van der Waals surface area contributed by atoms with Gasteiger partial charge >= 0.3 is 0 Å². The Kier molecular flexibility index (Phi) is 7.85. The fourth-order valence-electron chi connectivity index (χ4n) is 3.09. The van der Waals surface area contributed by atoms with E-state index in [0.29, 0.717) is 33.7 Å². The highest BCUT2D eigenvalue weighted by atomic mass is 32.1. The van der Waals surface area contributed by atoms with Crippen LogP contribution < -0.4 is 21.6 Å². The molecule has 0 amide bonds. The molecule has 0 aromatic rings. The van der Waals surface area contributed by atoms with Gasteiger partial charge in [0.2, 0.25) is 5.11 Å². The molecule has 2 rings (SSSR count). The summed E-state index contributed by atoms with van der Waals surface area (Å²) < 4.78 is 0. The average molecular weight is 397 g/mol. The van der Waals surface area contributed by atoms with Crippen LogP contribution >= 0.6 is 24.4 Å². The van der Waals surface area contributed by atoms with Crippen molar-refractivity contribution in [3.05, 3.63) is 0 Å². The third-order valence-corrected chi connectivity index (χ3v) is 5.17. The molecule has 10 heteroatoms. The molecular weight excluding hydrogens is 368 g/mol. The molecule has 2 aliphatic heterocycles. The lowest BCUT2D eigenvalue weighted by Gasteiger charge is -2.31. The summed E-state index contributed by atoms with van der Waals surface area (Å²) in [6.07, 6.45) is 4.54. The second-order valence-corrected chi connectivity index (χ2v) is 7.37. The first-order chi connectivity index (χ1) is 12.4. The summed E-state index contributed by atoms with van der Waals surface area (Å²) in [6, 6.07) is 1.24. The Labute approximate surface area is 165 Å². The van der Waals surface area contributed by atoms with Gasteiger partial charge in [-0.1, -0.05) is 0 Å². The first-order valence-electron chi connectivity index (χ1n) is 8.86. The van der Waals surface area contributed by atoms with E-state index in [1.807, 2.05) is 20.8 Å². The van der Waals surface area contributed by atoms with Gasteiger partial charge in [-0.05, 0) is 65.1 Å². The summed E-state index contributed by atoms with van der Waals surface area (Å²) in [7, 11) is 2.21. The molecule has 2 fully saturated rings. The SMILES string of the molecule is CCNC(=S)N/N=C(C)/C(C)=N/NC(=S)NN=C1CC2CCC(C1)N2C. The highest BCUT2D eigenvalue weighted by Crippen LogP contribution is 2.32. The lowest BCUT2D eigenvalue weighted by molar-refractivity contribution is 0.231. The molecule has 2 bridgehead atoms. The van der Waals surface area contributed by atoms with Crippen LogP contribution in [-0.4, -0.2) is 57.9 Å². The van der Waals surface area contributed by atoms with Crippen LogP contribution in [0, 0.1) is 0 Å². The molecule has 0 radical (unpaired) electrons. The number of piperidine rings is 1. The van der Waals surface area contributed by atoms with Crippen molar-refractivity contribution in [1.29, 1.82) is 0 Å². The van der Waals surface area contributed by atoms with Gasteiger partial charge in [0, 0.05) is 37.2 Å². The maximum atomic E-state index is 5.23. The van der Waals surface area contributed by atoms with Crippen LogP contribution in [0.5, 0.6) is 0 Å². The van der Waals surface area contributed by atoms with E-state index in [1.165, 1.54) is 18.6 Å². The lowest BCUT2D eigenvalue weighted by Crippen LogP contribution is -2.41. The van der Waals surface area contributed by atoms with Gasteiger partial charge in [-0.15, -0.1) is 0 Å². The molecule has 0 saturated carbocycles. The quantitative estimate of drug-likeness (QED) is 0.316. The van der Waals surface area contributed by atoms with Crippen molar-refractivity contribution in [3.63, 3.8) is 0 Å². The first kappa shape index (κ1) is 20.7. The monoisotopic (exact) mass is 396 g/mol. The van der Waals surface area contributed by atoms with Crippen molar-refractivity contribution >= 4 is 51.8 Å². The summed E-state index contributed by atoms with van der Waals surface area (Å²) in [6.45, 7) is 6.39. The Morgan fingerprint density at radius 3 is 2.08 bits per heavy atom. The van der Waals surface area contributed by atoms with Crippen molar-refractivity contribution in [2.45, 2.75) is 58.5 Å². The van der Waals surface area contributed by atoms with Crippen LogP contribution in [0.1, 0.15) is 46.5 Å². The maximum Gasteiger partial charge on any atom is 0.207 e. The molecule has 2 unspecified atom stereocenters. The molecule has 2 saturated heterocycles. The standard InChI is InChI=1S/C16H28N8S2/c1-5-17-15(25)21-18-10(2)11(3)19-22-16(26)23-20-12-8-13-6-7-14(9-12)24(13)4/h13-14H,5-9H2,1-4H3,(H2,17,21,25)(H2,22,23,26)/b18-10+,19-11+,20-12?. The van der Waals surface area contributed by atoms with Gasteiger partial charge in [-0.25, -0.2) is 0 Å². The third kappa shape index (κ3) is 5.96. The van der Waals surface area contributed by atoms with Crippen molar-refractivity contribution in [2.75, 3.05) is 13.6 Å². The Hall–Kier alpha value is -1.65. The summed E-state index contributed by atoms with van der Waals surface area (Å²) in [4.78, 5) is 2.47. The highest BCUT2D eigenvalue weighted by Gasteiger charge is 2.36. The molecule has 144 valence electrons. The van der Waals surface area contributed by atoms with Crippen LogP contribution in [0.25, 0.3) is 0 Å². The van der Waals surface area contributed by atoms with E-state index < -0.39 is 0 Å². The van der Waals surface area contributed by atoms with E-state index >= 15 is 0 Å². The fraction of sp³-hybridized carbons (Fsp3) is 0.688. The van der Waals surface area contributed by atoms with Gasteiger partial charge in [-0.3, -0.25) is 21.2 Å². The smallest absolute Gasteiger partial charge is 0.207 e. The lowest BCUT2D eigenvalue weighted by atomic mass is 10.0. The summed E-state index contributed by atoms with van der Waals surface area (Å²) >= 11 is 10.3. The molecule has 4 N–H and O–H groups in total. The van der Waals surface area contributed by atoms with Crippen LogP contribution in [-0.2, 0) is 0 Å². The number of thiocarbonyl (C=S) groups is 2. The van der Waals surface area contributed by atoms with Gasteiger partial charge in [0.15, 0.2) is 5.11 Å². The van der Waals surface area contributed by atoms with Crippen molar-refractivity contribution in [3.8, 4) is 0 Å². The van der Waals surface area contributed by atoms with Gasteiger partial charge in [-0.2, -0.15) is 15.3 Å². The summed E-state index contributed by atoms with van der Waals surface area (Å²) in [5.41, 5.74) is 11.0. The molecule has 0 aliphatic carbocycles. The zero-order valence-corrected chi connectivity index (χ0v) is 17.4. The van der Waals surface area contributed by atoms with E-state index in [4.69, 9.17) is 24.4 Å². The van der Waals surface area contributed by atoms with Gasteiger partial charge in [0.25, 0.3) is 0 Å². The minimum Gasteiger partial charge on any atom is -0.362 e. The second-order valence-electron chi connectivity index (χ2n) is 6.56. The van der Waals surface area contributed by atoms with E-state index in [1.54, 1.807) is 0 Å². The summed E-state index contributed by atoms with van der Waals surface area (Å²) in [5.74, 6) is 0. The predicted octanol–water partition coefficient (Wildman–Crippen LogP) is 1.30. The van der Waals surface area contributed by atoms with E-state index in [9.17, 15) is 0 Å². The Balaban J connectivity index is 1.78. The highest BCUT2D eigenvalue weighted by molar-refractivity contribution is 7.80. The third-order valence-electron chi connectivity index (χ3n) is 4.75. The average Bonchev–Trinajstić information content (AvgIpc) is 2.84. The van der Waals surface area contributed by atoms with Crippen LogP contribution in [0.15, 0.2) is 15.3 Å². The molecular formula is C16H28N8S2. The van der Waals surface area contributed by atoms with Gasteiger partial charge in [0.05, 0.1) is 11.4 Å². The number of rotatable bonds is 5. The molecule has 8 nitrogen and oxygen atoms in total. The zero-order valence-electron chi connectivity index (χ0n) is 15.8. The molecule has 0 aromatic carbocycles. The van der Waals surface area contributed by atoms with Crippen LogP contribution in [0.4, 0.5) is 0 Å². The zero-order chi connectivity index (χ0) is 19.1. The van der Waals surface area contributed by atoms with Crippen molar-refractivity contribution in [1.82, 2.24) is 26.5 Å². The van der Waals surface area contributed by atoms with Crippen LogP contribution in [0.2, 0.25) is 0 Å². The number of nitrogens with zero attached hydrogens (tertiary/aromatic N) is 4. The Morgan fingerprint density at radius 1 is 1.00 bits per heavy atom. The Bertz CT molecular complexity index is 612. The topological polar surface area (TPSA) is 88.4 Å². The molecule has 26 heavy (non-hydrogen) atoms. The second kappa shape index (κ2) is 9.89. The Morgan fingerprint density at radius 2 is 1.54 bits per heavy atom. The normalized spacial score (nSPS) is 23.5. The molecule has 0 aromatic heterocycles. The minimum absolute atomic E-state index is 0.368. The molecule has 0 spiro atoms. The van der Waals surface area contributed by atoms with Crippen molar-refractivity contribution < 1.29 is 0 Å². The van der Waals surface area contributed by atoms with Crippen molar-refractivity contribution in [2.24, 2.45) is 15.3 Å². The molecule has 2 heterocycles. The van der Waals surface area contributed by atoms with E-state index in [2.05, 4.69) is 48.8 Å². The van der Waals surface area contributed by atoms with Crippen LogP contribution in [0.3, 0.4) is 0 Å². The molecule has 2 atom stereocenters. The minimum atomic E-state index is 0.368. The van der Waals surface area contributed by atoms with E-state index in [0.717, 1.165) is 19.4 Å². The first-order valence-corrected chi connectivity index (χ1v) is 9.68. The fourth-order valence-corrected chi connectivity index (χ4v) is 3.37. The number of nitrogens with one attached hydrogen (secondary N) is 4. The summed E-state index contributed by atoms with van der Waals surface area (Å²) in [5, 5.41) is 16.7. The maximum absolute atomic E-state index is 5.23. The molecule has 2 aliphatic rings. The number of hydrogen-bond donors (Lipinski definition) is 4. The number of hydrazone groups is 3. The largest absolute Gasteiger partial charge is 0.362 e. The number of hydrogen-bond acceptors (Lipinski definition) is 6. The number of fused-ring (bicyclic) bond motifs is 2.